The van der Waals surface area contributed by atoms with Crippen molar-refractivity contribution < 1.29 is 32.2 Å². The molecule has 2 heterocycles. The fourth-order valence-corrected chi connectivity index (χ4v) is 6.01. The van der Waals surface area contributed by atoms with Gasteiger partial charge in [0.15, 0.2) is 11.0 Å². The van der Waals surface area contributed by atoms with Crippen LogP contribution in [0.5, 0.6) is 11.5 Å². The van der Waals surface area contributed by atoms with Gasteiger partial charge in [-0.15, -0.1) is 18.3 Å². The average molecular weight is 681 g/mol. The van der Waals surface area contributed by atoms with E-state index in [9.17, 15) is 22.8 Å². The summed E-state index contributed by atoms with van der Waals surface area (Å²) in [5.41, 5.74) is 3.61. The zero-order valence-corrected chi connectivity index (χ0v) is 27.9. The average Bonchev–Trinajstić information content (AvgIpc) is 3.66. The molecular weight excluding hydrogens is 645 g/mol. The molecule has 0 spiro atoms. The number of aliphatic imine (C=N–C) groups is 1. The third kappa shape index (κ3) is 8.54. The second-order valence-electron chi connectivity index (χ2n) is 12.2. The molecule has 0 saturated carbocycles. The molecule has 1 N–H and O–H groups in total. The van der Waals surface area contributed by atoms with Crippen molar-refractivity contribution in [2.45, 2.75) is 46.4 Å². The molecule has 1 fully saturated rings. The maximum absolute atomic E-state index is 12.9. The number of benzene rings is 3. The van der Waals surface area contributed by atoms with Gasteiger partial charge in [0.25, 0.3) is 0 Å². The highest BCUT2D eigenvalue weighted by Gasteiger charge is 2.33. The molecule has 3 amide bonds. The van der Waals surface area contributed by atoms with E-state index < -0.39 is 12.4 Å². The fraction of sp³-hybridized carbons (Fsp3) is 0.324. The predicted molar refractivity (Wildman–Crippen MR) is 179 cm³/mol. The molecule has 0 atom stereocenters. The van der Waals surface area contributed by atoms with Crippen LogP contribution in [0.1, 0.15) is 44.7 Å². The first kappa shape index (κ1) is 34.5. The molecule has 1 aliphatic rings. The monoisotopic (exact) mass is 680 g/mol. The van der Waals surface area contributed by atoms with Crippen LogP contribution in [0.15, 0.2) is 78.0 Å². The van der Waals surface area contributed by atoms with Gasteiger partial charge in [-0.1, -0.05) is 63.7 Å². The molecule has 14 heteroatoms. The van der Waals surface area contributed by atoms with E-state index in [1.54, 1.807) is 13.2 Å². The van der Waals surface area contributed by atoms with Crippen molar-refractivity contribution >= 4 is 34.6 Å². The van der Waals surface area contributed by atoms with Crippen LogP contribution in [0.4, 0.5) is 23.7 Å². The van der Waals surface area contributed by atoms with Gasteiger partial charge < -0.3 is 14.8 Å². The van der Waals surface area contributed by atoms with E-state index in [1.165, 1.54) is 51.9 Å². The van der Waals surface area contributed by atoms with Crippen LogP contribution in [0.2, 0.25) is 0 Å². The van der Waals surface area contributed by atoms with Crippen LogP contribution in [0.3, 0.4) is 0 Å². The highest BCUT2D eigenvalue weighted by molar-refractivity contribution is 8.15. The normalized spacial score (nSPS) is 14.6. The summed E-state index contributed by atoms with van der Waals surface area (Å²) in [5, 5.41) is 7.68. The lowest BCUT2D eigenvalue weighted by molar-refractivity contribution is -0.274. The molecule has 1 saturated heterocycles. The van der Waals surface area contributed by atoms with Crippen LogP contribution in [-0.2, 0) is 11.2 Å². The molecule has 10 nitrogen and oxygen atoms in total. The van der Waals surface area contributed by atoms with Crippen LogP contribution < -0.4 is 19.7 Å². The molecule has 0 radical (unpaired) electrons. The van der Waals surface area contributed by atoms with E-state index in [0.29, 0.717) is 41.1 Å². The lowest BCUT2D eigenvalue weighted by atomic mass is 9.85. The predicted octanol–water partition coefficient (Wildman–Crippen LogP) is 7.38. The number of carbonyl (C=O) groups is 2. The Morgan fingerprint density at radius 3 is 2.38 bits per heavy atom. The number of halogens is 3. The molecule has 4 aromatic rings. The highest BCUT2D eigenvalue weighted by atomic mass is 32.2. The Hall–Kier alpha value is -4.85. The number of alkyl halides is 3. The van der Waals surface area contributed by atoms with Crippen LogP contribution >= 0.6 is 11.8 Å². The molecule has 48 heavy (non-hydrogen) atoms. The topological polar surface area (TPSA) is 111 Å². The summed E-state index contributed by atoms with van der Waals surface area (Å²) in [6.45, 7) is 8.48. The molecule has 1 aromatic heterocycles. The lowest BCUT2D eigenvalue weighted by Gasteiger charge is -2.25. The minimum Gasteiger partial charge on any atom is -0.497 e. The Morgan fingerprint density at radius 1 is 1.04 bits per heavy atom. The van der Waals surface area contributed by atoms with E-state index in [-0.39, 0.29) is 28.7 Å². The smallest absolute Gasteiger partial charge is 0.497 e. The van der Waals surface area contributed by atoms with Gasteiger partial charge in [0.05, 0.1) is 24.2 Å². The molecule has 0 bridgehead atoms. The number of carbonyl (C=O) groups excluding carboxylic acids is 2. The van der Waals surface area contributed by atoms with Gasteiger partial charge in [0.1, 0.15) is 17.8 Å². The quantitative estimate of drug-likeness (QED) is 0.186. The van der Waals surface area contributed by atoms with Crippen molar-refractivity contribution in [3.8, 4) is 28.6 Å². The van der Waals surface area contributed by atoms with E-state index in [0.717, 1.165) is 16.7 Å². The number of amides is 3. The number of anilines is 1. The molecule has 0 aliphatic carbocycles. The summed E-state index contributed by atoms with van der Waals surface area (Å²) in [7, 11) is 1.59. The van der Waals surface area contributed by atoms with E-state index in [1.807, 2.05) is 64.1 Å². The van der Waals surface area contributed by atoms with Crippen molar-refractivity contribution in [2.24, 2.45) is 10.4 Å². The molecular formula is C34H35F3N6O4S. The van der Waals surface area contributed by atoms with Crippen molar-refractivity contribution in [2.75, 3.05) is 24.3 Å². The number of nitrogens with zero attached hydrogens (tertiary/aromatic N) is 5. The van der Waals surface area contributed by atoms with Gasteiger partial charge in [-0.25, -0.2) is 14.5 Å². The number of rotatable bonds is 10. The van der Waals surface area contributed by atoms with Gasteiger partial charge in [-0.05, 0) is 71.3 Å². The maximum Gasteiger partial charge on any atom is 0.573 e. The first-order valence-electron chi connectivity index (χ1n) is 15.1. The number of nitrogens with one attached hydrogen (secondary N) is 1. The zero-order chi connectivity index (χ0) is 34.6. The Kier molecular flexibility index (Phi) is 10.1. The minimum atomic E-state index is -4.76. The van der Waals surface area contributed by atoms with Gasteiger partial charge >= 0.3 is 12.4 Å². The number of amidine groups is 1. The second-order valence-corrected chi connectivity index (χ2v) is 13.2. The van der Waals surface area contributed by atoms with Crippen molar-refractivity contribution in [3.05, 3.63) is 84.2 Å². The van der Waals surface area contributed by atoms with Gasteiger partial charge in [0, 0.05) is 12.1 Å². The summed E-state index contributed by atoms with van der Waals surface area (Å²) in [6, 6.07) is 18.0. The number of methoxy groups -OCH3 is 1. The number of hydrogen-bond donors (Lipinski definition) is 1. The van der Waals surface area contributed by atoms with Crippen molar-refractivity contribution in [1.82, 2.24) is 20.1 Å². The molecule has 0 unspecified atom stereocenters. The molecule has 3 aromatic carbocycles. The Labute approximate surface area is 280 Å². The van der Waals surface area contributed by atoms with Gasteiger partial charge in [0.2, 0.25) is 5.91 Å². The first-order valence-corrected chi connectivity index (χ1v) is 16.1. The highest BCUT2D eigenvalue weighted by Crippen LogP contribution is 2.36. The Morgan fingerprint density at radius 2 is 1.73 bits per heavy atom. The summed E-state index contributed by atoms with van der Waals surface area (Å²) in [5.74, 6) is 0.990. The number of thioether (sulfide) groups is 1. The van der Waals surface area contributed by atoms with Crippen molar-refractivity contribution in [3.63, 3.8) is 0 Å². The van der Waals surface area contributed by atoms with Gasteiger partial charge in [-0.2, -0.15) is 4.99 Å². The molecule has 5 rings (SSSR count). The second kappa shape index (κ2) is 14.1. The lowest BCUT2D eigenvalue weighted by Crippen LogP contribution is -2.36. The summed E-state index contributed by atoms with van der Waals surface area (Å²) in [6.07, 6.45) is -2.62. The number of hydrogen-bond acceptors (Lipinski definition) is 7. The van der Waals surface area contributed by atoms with E-state index in [2.05, 4.69) is 25.1 Å². The van der Waals surface area contributed by atoms with Gasteiger partial charge in [-0.3, -0.25) is 9.69 Å². The van der Waals surface area contributed by atoms with E-state index >= 15 is 0 Å². The van der Waals surface area contributed by atoms with Crippen LogP contribution in [0.25, 0.3) is 17.1 Å². The zero-order valence-electron chi connectivity index (χ0n) is 27.0. The summed E-state index contributed by atoms with van der Waals surface area (Å²) in [4.78, 5) is 35.9. The SMILES string of the molecule is COc1ccc(N2C(=O)CSC2=NC(=O)NCC(C)(C)Cc2ccc(-c3ncn(-c4ccc(OC(F)(F)F)cc4)n3)cc2)c(C(C)C)c1. The summed E-state index contributed by atoms with van der Waals surface area (Å²) < 4.78 is 48.1. The third-order valence-electron chi connectivity index (χ3n) is 7.50. The van der Waals surface area contributed by atoms with E-state index in [4.69, 9.17) is 4.74 Å². The largest absolute Gasteiger partial charge is 0.573 e. The number of urea groups is 1. The number of aromatic nitrogens is 3. The van der Waals surface area contributed by atoms with Crippen LogP contribution in [-0.4, -0.2) is 57.6 Å². The fourth-order valence-electron chi connectivity index (χ4n) is 5.16. The first-order chi connectivity index (χ1) is 22.7. The van der Waals surface area contributed by atoms with Crippen LogP contribution in [0, 0.1) is 5.41 Å². The molecule has 1 aliphatic heterocycles. The Balaban J connectivity index is 1.19. The third-order valence-corrected chi connectivity index (χ3v) is 8.42. The maximum atomic E-state index is 12.9. The Bertz CT molecular complexity index is 1800. The number of ether oxygens (including phenoxy) is 2. The summed E-state index contributed by atoms with van der Waals surface area (Å²) >= 11 is 1.23. The van der Waals surface area contributed by atoms with Crippen molar-refractivity contribution in [1.29, 1.82) is 0 Å². The molecule has 252 valence electrons. The standard InChI is InChI=1S/C34H35F3N6O4S/c1-21(2)27-16-26(46-5)14-15-28(27)43-29(44)18-48-32(43)40-31(45)38-19-33(3,4)17-22-6-8-23(9-7-22)30-39-20-42(41-30)24-10-12-25(13-11-24)47-34(35,36)37/h6-16,20-21H,17-19H2,1-5H3,(H,38,45). The minimum absolute atomic E-state index is 0.114.